The number of piperazine rings is 1. The second kappa shape index (κ2) is 12.5. The zero-order chi connectivity index (χ0) is 25.2. The van der Waals surface area contributed by atoms with Gasteiger partial charge in [-0.05, 0) is 48.0 Å². The van der Waals surface area contributed by atoms with E-state index in [-0.39, 0.29) is 12.5 Å². The van der Waals surface area contributed by atoms with Gasteiger partial charge in [-0.25, -0.2) is 0 Å². The number of amides is 1. The second-order valence-corrected chi connectivity index (χ2v) is 8.26. The topological polar surface area (TPSA) is 72.8 Å². The molecule has 1 heterocycles. The Balaban J connectivity index is 1.22. The van der Waals surface area contributed by atoms with Crippen molar-refractivity contribution in [3.05, 3.63) is 83.9 Å². The first-order chi connectivity index (χ1) is 17.7. The van der Waals surface area contributed by atoms with E-state index < -0.39 is 0 Å². The minimum absolute atomic E-state index is 0.0798. The Bertz CT molecular complexity index is 1140. The molecule has 1 aliphatic rings. The molecule has 1 aliphatic heterocycles. The Morgan fingerprint density at radius 2 is 1.64 bits per heavy atom. The van der Waals surface area contributed by atoms with Gasteiger partial charge in [0, 0.05) is 37.4 Å². The molecule has 0 unspecified atom stereocenters. The van der Waals surface area contributed by atoms with Gasteiger partial charge in [0.1, 0.15) is 12.4 Å². The highest BCUT2D eigenvalue weighted by atomic mass is 16.6. The van der Waals surface area contributed by atoms with E-state index in [0.29, 0.717) is 31.2 Å². The molecule has 0 N–H and O–H groups in total. The van der Waals surface area contributed by atoms with Crippen LogP contribution < -0.4 is 19.1 Å². The summed E-state index contributed by atoms with van der Waals surface area (Å²) in [6.45, 7) is 3.15. The number of carbonyl (C=O) groups is 1. The predicted molar refractivity (Wildman–Crippen MR) is 139 cm³/mol. The molecular formula is C28H31N3O5. The Kier molecular flexibility index (Phi) is 8.64. The van der Waals surface area contributed by atoms with Crippen molar-refractivity contribution < 1.29 is 23.8 Å². The van der Waals surface area contributed by atoms with Crippen LogP contribution in [0.25, 0.3) is 0 Å². The molecule has 8 nitrogen and oxygen atoms in total. The lowest BCUT2D eigenvalue weighted by Gasteiger charge is -2.35. The number of ether oxygens (including phenoxy) is 3. The molecular weight excluding hydrogens is 458 g/mol. The highest BCUT2D eigenvalue weighted by Gasteiger charge is 2.21. The largest absolute Gasteiger partial charge is 0.497 e. The standard InChI is InChI=1S/C28H31N3O5/c1-33-25-11-9-24(10-12-25)30-14-16-31(17-15-30)28(32)21-36-29-19-23-8-13-26(27(18-23)34-2)35-20-22-6-4-3-5-7-22/h3-13,18-19H,14-17,20-21H2,1-2H3/b29-19+. The number of rotatable bonds is 10. The van der Waals surface area contributed by atoms with Gasteiger partial charge in [-0.2, -0.15) is 0 Å². The van der Waals surface area contributed by atoms with Gasteiger partial charge in [0.05, 0.1) is 20.4 Å². The highest BCUT2D eigenvalue weighted by molar-refractivity contribution is 5.81. The Labute approximate surface area is 211 Å². The van der Waals surface area contributed by atoms with Gasteiger partial charge in [0.2, 0.25) is 0 Å². The minimum atomic E-state index is -0.103. The number of oxime groups is 1. The molecule has 0 aliphatic carbocycles. The highest BCUT2D eigenvalue weighted by Crippen LogP contribution is 2.28. The lowest BCUT2D eigenvalue weighted by molar-refractivity contribution is -0.136. The number of benzene rings is 3. The van der Waals surface area contributed by atoms with E-state index in [4.69, 9.17) is 19.0 Å². The molecule has 1 amide bonds. The number of carbonyl (C=O) groups excluding carboxylic acids is 1. The molecule has 0 aromatic heterocycles. The van der Waals surface area contributed by atoms with Crippen LogP contribution in [0.15, 0.2) is 78.0 Å². The van der Waals surface area contributed by atoms with Gasteiger partial charge < -0.3 is 28.8 Å². The molecule has 0 atom stereocenters. The van der Waals surface area contributed by atoms with Crippen LogP contribution in [0.2, 0.25) is 0 Å². The van der Waals surface area contributed by atoms with E-state index >= 15 is 0 Å². The summed E-state index contributed by atoms with van der Waals surface area (Å²) < 4.78 is 16.5. The number of hydrogen-bond donors (Lipinski definition) is 0. The van der Waals surface area contributed by atoms with Crippen molar-refractivity contribution >= 4 is 17.8 Å². The number of hydrogen-bond acceptors (Lipinski definition) is 7. The average molecular weight is 490 g/mol. The van der Waals surface area contributed by atoms with E-state index in [2.05, 4.69) is 10.1 Å². The van der Waals surface area contributed by atoms with Crippen molar-refractivity contribution in [2.24, 2.45) is 5.16 Å². The number of nitrogens with zero attached hydrogens (tertiary/aromatic N) is 3. The van der Waals surface area contributed by atoms with E-state index in [0.717, 1.165) is 35.7 Å². The van der Waals surface area contributed by atoms with Crippen LogP contribution in [-0.2, 0) is 16.2 Å². The van der Waals surface area contributed by atoms with Crippen LogP contribution in [0.4, 0.5) is 5.69 Å². The molecule has 0 radical (unpaired) electrons. The first-order valence-corrected chi connectivity index (χ1v) is 11.8. The molecule has 188 valence electrons. The Hall–Kier alpha value is -4.20. The average Bonchev–Trinajstić information content (AvgIpc) is 2.95. The normalized spacial score (nSPS) is 13.5. The molecule has 1 fully saturated rings. The van der Waals surface area contributed by atoms with E-state index in [1.807, 2.05) is 72.8 Å². The van der Waals surface area contributed by atoms with Gasteiger partial charge in [0.15, 0.2) is 18.1 Å². The molecule has 0 bridgehead atoms. The number of methoxy groups -OCH3 is 2. The Morgan fingerprint density at radius 3 is 2.33 bits per heavy atom. The van der Waals surface area contributed by atoms with E-state index in [1.54, 1.807) is 25.3 Å². The van der Waals surface area contributed by atoms with Crippen molar-refractivity contribution in [1.29, 1.82) is 0 Å². The summed E-state index contributed by atoms with van der Waals surface area (Å²) in [5, 5.41) is 3.96. The molecule has 4 rings (SSSR count). The van der Waals surface area contributed by atoms with Crippen LogP contribution in [-0.4, -0.2) is 64.0 Å². The monoisotopic (exact) mass is 489 g/mol. The van der Waals surface area contributed by atoms with Crippen LogP contribution in [0.1, 0.15) is 11.1 Å². The van der Waals surface area contributed by atoms with Crippen molar-refractivity contribution in [2.75, 3.05) is 51.9 Å². The first-order valence-electron chi connectivity index (χ1n) is 11.8. The first kappa shape index (κ1) is 24.9. The molecule has 8 heteroatoms. The maximum absolute atomic E-state index is 12.5. The lowest BCUT2D eigenvalue weighted by atomic mass is 10.2. The third kappa shape index (κ3) is 6.69. The summed E-state index contributed by atoms with van der Waals surface area (Å²) in [6, 6.07) is 23.4. The van der Waals surface area contributed by atoms with Gasteiger partial charge in [-0.15, -0.1) is 0 Å². The van der Waals surface area contributed by atoms with Crippen LogP contribution >= 0.6 is 0 Å². The molecule has 3 aromatic rings. The molecule has 3 aromatic carbocycles. The summed E-state index contributed by atoms with van der Waals surface area (Å²) >= 11 is 0. The van der Waals surface area contributed by atoms with Crippen molar-refractivity contribution in [2.45, 2.75) is 6.61 Å². The van der Waals surface area contributed by atoms with Crippen LogP contribution in [0.3, 0.4) is 0 Å². The maximum Gasteiger partial charge on any atom is 0.263 e. The zero-order valence-electron chi connectivity index (χ0n) is 20.6. The van der Waals surface area contributed by atoms with Crippen molar-refractivity contribution in [3.8, 4) is 17.2 Å². The fourth-order valence-corrected chi connectivity index (χ4v) is 3.91. The third-order valence-corrected chi connectivity index (χ3v) is 5.96. The van der Waals surface area contributed by atoms with Gasteiger partial charge in [-0.3, -0.25) is 4.79 Å². The van der Waals surface area contributed by atoms with E-state index in [9.17, 15) is 4.79 Å². The predicted octanol–water partition coefficient (Wildman–Crippen LogP) is 3.98. The summed E-state index contributed by atoms with van der Waals surface area (Å²) in [6.07, 6.45) is 1.55. The fourth-order valence-electron chi connectivity index (χ4n) is 3.91. The van der Waals surface area contributed by atoms with Crippen LogP contribution in [0, 0.1) is 0 Å². The molecule has 0 saturated carbocycles. The molecule has 36 heavy (non-hydrogen) atoms. The van der Waals surface area contributed by atoms with Gasteiger partial charge in [0.25, 0.3) is 5.91 Å². The quantitative estimate of drug-likeness (QED) is 0.317. The smallest absolute Gasteiger partial charge is 0.263 e. The summed E-state index contributed by atoms with van der Waals surface area (Å²) in [5.41, 5.74) is 2.97. The minimum Gasteiger partial charge on any atom is -0.497 e. The maximum atomic E-state index is 12.5. The molecule has 0 spiro atoms. The Morgan fingerprint density at radius 1 is 0.889 bits per heavy atom. The van der Waals surface area contributed by atoms with E-state index in [1.165, 1.54) is 0 Å². The third-order valence-electron chi connectivity index (χ3n) is 5.96. The van der Waals surface area contributed by atoms with Crippen LogP contribution in [0.5, 0.6) is 17.2 Å². The number of anilines is 1. The lowest BCUT2D eigenvalue weighted by Crippen LogP contribution is -2.49. The summed E-state index contributed by atoms with van der Waals surface area (Å²) in [7, 11) is 3.25. The fraction of sp³-hybridized carbons (Fsp3) is 0.286. The second-order valence-electron chi connectivity index (χ2n) is 8.26. The van der Waals surface area contributed by atoms with Gasteiger partial charge >= 0.3 is 0 Å². The zero-order valence-corrected chi connectivity index (χ0v) is 20.6. The summed E-state index contributed by atoms with van der Waals surface area (Å²) in [5.74, 6) is 1.99. The molecule has 1 saturated heterocycles. The van der Waals surface area contributed by atoms with Crippen molar-refractivity contribution in [1.82, 2.24) is 4.90 Å². The van der Waals surface area contributed by atoms with Gasteiger partial charge in [-0.1, -0.05) is 35.5 Å². The van der Waals surface area contributed by atoms with Crippen molar-refractivity contribution in [3.63, 3.8) is 0 Å². The summed E-state index contributed by atoms with van der Waals surface area (Å²) in [4.78, 5) is 21.9. The SMILES string of the molecule is COc1ccc(N2CCN(C(=O)CO/N=C/c3ccc(OCc4ccccc4)c(OC)c3)CC2)cc1.